The van der Waals surface area contributed by atoms with Crippen LogP contribution in [0.4, 0.5) is 8.78 Å². The molecule has 0 aromatic heterocycles. The van der Waals surface area contributed by atoms with Crippen molar-refractivity contribution in [3.05, 3.63) is 70.8 Å². The number of carbonyl (C=O) groups excluding carboxylic acids is 2. The molecule has 4 saturated carbocycles. The van der Waals surface area contributed by atoms with Gasteiger partial charge in [-0.05, 0) is 88.0 Å². The van der Waals surface area contributed by atoms with E-state index >= 15 is 0 Å². The van der Waals surface area contributed by atoms with Crippen LogP contribution in [0.25, 0.3) is 0 Å². The zero-order valence-electron chi connectivity index (χ0n) is 18.9. The highest BCUT2D eigenvalue weighted by molar-refractivity contribution is 6.09. The van der Waals surface area contributed by atoms with Crippen LogP contribution < -0.4 is 0 Å². The van der Waals surface area contributed by atoms with E-state index in [9.17, 15) is 23.5 Å². The minimum atomic E-state index is -0.908. The van der Waals surface area contributed by atoms with Gasteiger partial charge in [-0.15, -0.1) is 0 Å². The molecule has 33 heavy (non-hydrogen) atoms. The number of benzene rings is 2. The molecule has 174 valence electrons. The summed E-state index contributed by atoms with van der Waals surface area (Å²) in [6.45, 7) is 4.02. The first-order valence-corrected chi connectivity index (χ1v) is 11.8. The van der Waals surface area contributed by atoms with Crippen LogP contribution in [-0.4, -0.2) is 39.4 Å². The van der Waals surface area contributed by atoms with E-state index in [0.29, 0.717) is 23.3 Å². The van der Waals surface area contributed by atoms with Gasteiger partial charge in [-0.2, -0.15) is 0 Å². The second-order valence-corrected chi connectivity index (χ2v) is 10.5. The first-order valence-electron chi connectivity index (χ1n) is 11.8. The number of carbonyl (C=O) groups is 2. The van der Waals surface area contributed by atoms with Crippen LogP contribution in [0.1, 0.15) is 72.2 Å². The Balaban J connectivity index is 1.40. The Morgan fingerprint density at radius 3 is 2.00 bits per heavy atom. The topological polar surface area (TPSA) is 57.6 Å². The number of amides is 1. The Morgan fingerprint density at radius 1 is 0.939 bits per heavy atom. The molecule has 2 aromatic carbocycles. The van der Waals surface area contributed by atoms with Gasteiger partial charge in [0.1, 0.15) is 11.6 Å². The molecular formula is C27H29F2NO3. The summed E-state index contributed by atoms with van der Waals surface area (Å²) in [4.78, 5) is 28.2. The van der Waals surface area contributed by atoms with E-state index in [4.69, 9.17) is 0 Å². The maximum Gasteiger partial charge on any atom is 0.254 e. The first-order chi connectivity index (χ1) is 15.7. The first kappa shape index (κ1) is 22.2. The highest BCUT2D eigenvalue weighted by Gasteiger charge is 2.57. The molecule has 0 saturated heterocycles. The minimum absolute atomic E-state index is 0.0107. The van der Waals surface area contributed by atoms with Gasteiger partial charge < -0.3 is 10.0 Å². The van der Waals surface area contributed by atoms with Crippen molar-refractivity contribution < 1.29 is 23.5 Å². The van der Waals surface area contributed by atoms with Gasteiger partial charge in [0.25, 0.3) is 5.91 Å². The Bertz CT molecular complexity index is 1060. The third-order valence-corrected chi connectivity index (χ3v) is 7.89. The Morgan fingerprint density at radius 2 is 1.48 bits per heavy atom. The van der Waals surface area contributed by atoms with Crippen molar-refractivity contribution in [1.82, 2.24) is 4.90 Å². The normalized spacial score (nSPS) is 30.0. The van der Waals surface area contributed by atoms with Crippen molar-refractivity contribution in [1.29, 1.82) is 0 Å². The molecule has 2 unspecified atom stereocenters. The fourth-order valence-corrected chi connectivity index (χ4v) is 6.90. The fraction of sp³-hybridized carbons (Fsp3) is 0.481. The van der Waals surface area contributed by atoms with Crippen molar-refractivity contribution in [2.75, 3.05) is 0 Å². The summed E-state index contributed by atoms with van der Waals surface area (Å²) in [5.41, 5.74) is -0.583. The predicted octanol–water partition coefficient (Wildman–Crippen LogP) is 4.99. The summed E-state index contributed by atoms with van der Waals surface area (Å²) in [6, 6.07) is 9.45. The zero-order chi connectivity index (χ0) is 23.5. The number of nitrogens with zero attached hydrogens (tertiary/aromatic N) is 1. The molecule has 4 bridgehead atoms. The highest BCUT2D eigenvalue weighted by atomic mass is 19.1. The molecule has 1 N–H and O–H groups in total. The molecule has 0 heterocycles. The Hall–Kier alpha value is -2.60. The summed E-state index contributed by atoms with van der Waals surface area (Å²) in [6.07, 6.45) is 4.51. The number of rotatable bonds is 5. The van der Waals surface area contributed by atoms with E-state index in [1.54, 1.807) is 12.1 Å². The van der Waals surface area contributed by atoms with Gasteiger partial charge in [0.2, 0.25) is 0 Å². The quantitative estimate of drug-likeness (QED) is 0.650. The molecule has 0 aliphatic heterocycles. The van der Waals surface area contributed by atoms with Gasteiger partial charge in [0.05, 0.1) is 11.2 Å². The number of ketones is 1. The van der Waals surface area contributed by atoms with Crippen LogP contribution in [-0.2, 0) is 0 Å². The van der Waals surface area contributed by atoms with Crippen molar-refractivity contribution >= 4 is 11.7 Å². The van der Waals surface area contributed by atoms with E-state index in [-0.39, 0.29) is 23.6 Å². The van der Waals surface area contributed by atoms with Crippen LogP contribution >= 0.6 is 0 Å². The van der Waals surface area contributed by atoms with Crippen LogP contribution in [0.2, 0.25) is 0 Å². The molecule has 6 heteroatoms. The van der Waals surface area contributed by atoms with Crippen LogP contribution in [0, 0.1) is 29.4 Å². The largest absolute Gasteiger partial charge is 0.390 e. The van der Waals surface area contributed by atoms with E-state index in [1.807, 2.05) is 18.7 Å². The average Bonchev–Trinajstić information content (AvgIpc) is 2.74. The van der Waals surface area contributed by atoms with Crippen molar-refractivity contribution in [3.8, 4) is 0 Å². The molecular weight excluding hydrogens is 424 g/mol. The fourth-order valence-electron chi connectivity index (χ4n) is 6.90. The predicted molar refractivity (Wildman–Crippen MR) is 120 cm³/mol. The smallest absolute Gasteiger partial charge is 0.254 e. The van der Waals surface area contributed by atoms with Crippen molar-refractivity contribution in [2.45, 2.75) is 63.6 Å². The molecule has 4 nitrogen and oxygen atoms in total. The van der Waals surface area contributed by atoms with Crippen molar-refractivity contribution in [2.24, 2.45) is 17.8 Å². The second kappa shape index (κ2) is 8.01. The van der Waals surface area contributed by atoms with E-state index < -0.39 is 28.6 Å². The van der Waals surface area contributed by atoms with Crippen LogP contribution in [0.3, 0.4) is 0 Å². The molecule has 6 rings (SSSR count). The Labute approximate surface area is 192 Å². The van der Waals surface area contributed by atoms with E-state index in [0.717, 1.165) is 44.2 Å². The third-order valence-electron chi connectivity index (χ3n) is 7.89. The molecule has 4 aliphatic rings. The lowest BCUT2D eigenvalue weighted by atomic mass is 9.52. The lowest BCUT2D eigenvalue weighted by Crippen LogP contribution is -2.63. The van der Waals surface area contributed by atoms with E-state index in [2.05, 4.69) is 0 Å². The van der Waals surface area contributed by atoms with Crippen LogP contribution in [0.15, 0.2) is 42.5 Å². The molecule has 0 spiro atoms. The van der Waals surface area contributed by atoms with Crippen molar-refractivity contribution in [3.63, 3.8) is 0 Å². The molecule has 2 atom stereocenters. The number of hydrogen-bond acceptors (Lipinski definition) is 3. The molecule has 2 aromatic rings. The van der Waals surface area contributed by atoms with E-state index in [1.165, 1.54) is 18.2 Å². The number of halogens is 2. The Kier molecular flexibility index (Phi) is 5.39. The van der Waals surface area contributed by atoms with Gasteiger partial charge in [0, 0.05) is 23.2 Å². The molecule has 4 fully saturated rings. The van der Waals surface area contributed by atoms with Gasteiger partial charge in [-0.3, -0.25) is 9.59 Å². The summed E-state index contributed by atoms with van der Waals surface area (Å²) in [5, 5.41) is 10.9. The monoisotopic (exact) mass is 453 g/mol. The lowest BCUT2D eigenvalue weighted by molar-refractivity contribution is -0.157. The average molecular weight is 454 g/mol. The summed E-state index contributed by atoms with van der Waals surface area (Å²) >= 11 is 0. The second-order valence-electron chi connectivity index (χ2n) is 10.5. The van der Waals surface area contributed by atoms with Gasteiger partial charge in [-0.25, -0.2) is 8.78 Å². The summed E-state index contributed by atoms with van der Waals surface area (Å²) < 4.78 is 28.1. The third kappa shape index (κ3) is 3.78. The molecule has 0 radical (unpaired) electrons. The number of aliphatic hydroxyl groups is 1. The molecule has 1 amide bonds. The van der Waals surface area contributed by atoms with Gasteiger partial charge >= 0.3 is 0 Å². The molecule has 4 aliphatic carbocycles. The maximum atomic E-state index is 14.0. The van der Waals surface area contributed by atoms with Gasteiger partial charge in [0.15, 0.2) is 5.78 Å². The van der Waals surface area contributed by atoms with Gasteiger partial charge in [-0.1, -0.05) is 18.2 Å². The standard InChI is InChI=1S/C27H29F2NO3/c1-15(2)30(24-19-10-16-11-20(24)14-27(33,12-16)13-19)26(32)18-8-6-17(7-9-18)25(31)23-21(28)4-3-5-22(23)29/h3-9,15-16,19-20,24,33H,10-14H2,1-2H3. The lowest BCUT2D eigenvalue weighted by Gasteiger charge is -2.60. The minimum Gasteiger partial charge on any atom is -0.390 e. The number of hydrogen-bond donors (Lipinski definition) is 1. The van der Waals surface area contributed by atoms with Crippen LogP contribution in [0.5, 0.6) is 0 Å². The maximum absolute atomic E-state index is 14.0. The SMILES string of the molecule is CC(C)N(C(=O)c1ccc(C(=O)c2c(F)cccc2F)cc1)C1C2CC3CC1CC(O)(C3)C2. The zero-order valence-corrected chi connectivity index (χ0v) is 18.9. The summed E-state index contributed by atoms with van der Waals surface area (Å²) in [5.74, 6) is -1.51. The highest BCUT2D eigenvalue weighted by Crippen LogP contribution is 2.57. The summed E-state index contributed by atoms with van der Waals surface area (Å²) in [7, 11) is 0.